The Morgan fingerprint density at radius 1 is 1.13 bits per heavy atom. The monoisotopic (exact) mass is 408 g/mol. The lowest BCUT2D eigenvalue weighted by Gasteiger charge is -2.32. The Morgan fingerprint density at radius 3 is 2.67 bits per heavy atom. The van der Waals surface area contributed by atoms with Crippen LogP contribution in [0.3, 0.4) is 0 Å². The third kappa shape index (κ3) is 4.19. The number of nitrogens with zero attached hydrogens (tertiary/aromatic N) is 5. The topological polar surface area (TPSA) is 94.4 Å². The molecule has 0 aliphatic carbocycles. The molecule has 9 heteroatoms. The van der Waals surface area contributed by atoms with Crippen LogP contribution in [0.25, 0.3) is 5.82 Å². The summed E-state index contributed by atoms with van der Waals surface area (Å²) in [6.07, 6.45) is 5.22. The van der Waals surface area contributed by atoms with Crippen LogP contribution in [0.4, 0.5) is 11.5 Å². The minimum absolute atomic E-state index is 0.0487. The highest BCUT2D eigenvalue weighted by molar-refractivity contribution is 5.94. The first-order valence-corrected chi connectivity index (χ1v) is 9.79. The van der Waals surface area contributed by atoms with Crippen LogP contribution in [0.2, 0.25) is 0 Å². The number of anilines is 2. The van der Waals surface area contributed by atoms with E-state index >= 15 is 0 Å². The predicted octanol–water partition coefficient (Wildman–Crippen LogP) is 2.53. The van der Waals surface area contributed by atoms with Crippen LogP contribution in [0.1, 0.15) is 12.8 Å². The van der Waals surface area contributed by atoms with Gasteiger partial charge in [-0.25, -0.2) is 4.68 Å². The molecule has 0 radical (unpaired) electrons. The molecular weight excluding hydrogens is 384 g/mol. The molecule has 1 amide bonds. The number of hydrogen-bond donors (Lipinski definition) is 1. The molecule has 0 bridgehead atoms. The molecule has 2 aromatic heterocycles. The van der Waals surface area contributed by atoms with Gasteiger partial charge in [0.05, 0.1) is 25.8 Å². The zero-order valence-corrected chi connectivity index (χ0v) is 17.0. The fourth-order valence-electron chi connectivity index (χ4n) is 3.56. The SMILES string of the molecule is COc1ccc(OC)c(NC(=O)C2CCCN(c3ccc(-n4cccn4)nn3)C2)c1. The van der Waals surface area contributed by atoms with Crippen LogP contribution in [0.5, 0.6) is 11.5 Å². The van der Waals surface area contributed by atoms with Gasteiger partial charge in [0.2, 0.25) is 5.91 Å². The Hall–Kier alpha value is -3.62. The second kappa shape index (κ2) is 8.81. The molecule has 0 spiro atoms. The van der Waals surface area contributed by atoms with Gasteiger partial charge in [-0.05, 0) is 43.2 Å². The second-order valence-electron chi connectivity index (χ2n) is 7.04. The number of carbonyl (C=O) groups excluding carboxylic acids is 1. The highest BCUT2D eigenvalue weighted by Gasteiger charge is 2.27. The third-order valence-corrected chi connectivity index (χ3v) is 5.16. The fourth-order valence-corrected chi connectivity index (χ4v) is 3.56. The van der Waals surface area contributed by atoms with E-state index < -0.39 is 0 Å². The van der Waals surface area contributed by atoms with Crippen LogP contribution >= 0.6 is 0 Å². The van der Waals surface area contributed by atoms with Gasteiger partial charge in [-0.15, -0.1) is 10.2 Å². The van der Waals surface area contributed by atoms with Gasteiger partial charge in [0.15, 0.2) is 11.6 Å². The first-order chi connectivity index (χ1) is 14.7. The van der Waals surface area contributed by atoms with E-state index in [0.717, 1.165) is 25.2 Å². The predicted molar refractivity (Wildman–Crippen MR) is 112 cm³/mol. The van der Waals surface area contributed by atoms with E-state index in [0.29, 0.717) is 29.5 Å². The number of methoxy groups -OCH3 is 2. The number of nitrogens with one attached hydrogen (secondary N) is 1. The van der Waals surface area contributed by atoms with Crippen LogP contribution < -0.4 is 19.7 Å². The number of amides is 1. The molecule has 1 atom stereocenters. The minimum Gasteiger partial charge on any atom is -0.497 e. The smallest absolute Gasteiger partial charge is 0.229 e. The molecule has 1 aliphatic heterocycles. The van der Waals surface area contributed by atoms with Gasteiger partial charge in [0, 0.05) is 31.5 Å². The first-order valence-electron chi connectivity index (χ1n) is 9.79. The summed E-state index contributed by atoms with van der Waals surface area (Å²) in [6.45, 7) is 1.41. The lowest BCUT2D eigenvalue weighted by molar-refractivity contribution is -0.120. The standard InChI is InChI=1S/C21H24N6O3/c1-29-16-6-7-18(30-2)17(13-16)23-21(28)15-5-3-11-26(14-15)19-8-9-20(25-24-19)27-12-4-10-22-27/h4,6-10,12-13,15H,3,5,11,14H2,1-2H3,(H,23,28). The van der Waals surface area contributed by atoms with Crippen molar-refractivity contribution in [1.82, 2.24) is 20.0 Å². The molecule has 3 aromatic rings. The molecule has 1 aliphatic rings. The Morgan fingerprint density at radius 2 is 1.97 bits per heavy atom. The van der Waals surface area contributed by atoms with E-state index in [-0.39, 0.29) is 11.8 Å². The van der Waals surface area contributed by atoms with Crippen molar-refractivity contribution in [3.05, 3.63) is 48.8 Å². The second-order valence-corrected chi connectivity index (χ2v) is 7.04. The lowest BCUT2D eigenvalue weighted by Crippen LogP contribution is -2.41. The fraction of sp³-hybridized carbons (Fsp3) is 0.333. The van der Waals surface area contributed by atoms with Crippen LogP contribution in [-0.2, 0) is 4.79 Å². The molecule has 0 saturated carbocycles. The molecule has 1 saturated heterocycles. The quantitative estimate of drug-likeness (QED) is 0.670. The maximum Gasteiger partial charge on any atom is 0.229 e. The van der Waals surface area contributed by atoms with Crippen molar-refractivity contribution in [2.75, 3.05) is 37.5 Å². The third-order valence-electron chi connectivity index (χ3n) is 5.16. The Bertz CT molecular complexity index is 990. The average Bonchev–Trinajstić information content (AvgIpc) is 3.34. The minimum atomic E-state index is -0.165. The highest BCUT2D eigenvalue weighted by atomic mass is 16.5. The van der Waals surface area contributed by atoms with Crippen molar-refractivity contribution in [3.63, 3.8) is 0 Å². The van der Waals surface area contributed by atoms with E-state index in [4.69, 9.17) is 9.47 Å². The number of rotatable bonds is 6. The Balaban J connectivity index is 1.44. The van der Waals surface area contributed by atoms with Gasteiger partial charge >= 0.3 is 0 Å². The van der Waals surface area contributed by atoms with Gasteiger partial charge in [-0.3, -0.25) is 4.79 Å². The van der Waals surface area contributed by atoms with E-state index in [1.165, 1.54) is 0 Å². The van der Waals surface area contributed by atoms with Crippen LogP contribution in [0.15, 0.2) is 48.8 Å². The van der Waals surface area contributed by atoms with E-state index in [2.05, 4.69) is 25.5 Å². The summed E-state index contributed by atoms with van der Waals surface area (Å²) in [5.74, 6) is 2.44. The maximum atomic E-state index is 12.9. The molecule has 30 heavy (non-hydrogen) atoms. The van der Waals surface area contributed by atoms with Crippen LogP contribution in [0, 0.1) is 5.92 Å². The number of ether oxygens (including phenoxy) is 2. The molecule has 3 heterocycles. The molecule has 9 nitrogen and oxygen atoms in total. The van der Waals surface area contributed by atoms with E-state index in [1.807, 2.05) is 24.4 Å². The summed E-state index contributed by atoms with van der Waals surface area (Å²) >= 11 is 0. The van der Waals surface area contributed by atoms with Gasteiger partial charge in [0.1, 0.15) is 11.5 Å². The van der Waals surface area contributed by atoms with Gasteiger partial charge in [0.25, 0.3) is 0 Å². The number of hydrogen-bond acceptors (Lipinski definition) is 7. The van der Waals surface area contributed by atoms with Crippen molar-refractivity contribution in [2.24, 2.45) is 5.92 Å². The molecule has 1 aromatic carbocycles. The first kappa shape index (κ1) is 19.7. The number of benzene rings is 1. The van der Waals surface area contributed by atoms with Crippen molar-refractivity contribution in [2.45, 2.75) is 12.8 Å². The molecule has 156 valence electrons. The van der Waals surface area contributed by atoms with E-state index in [1.54, 1.807) is 43.3 Å². The van der Waals surface area contributed by atoms with Crippen molar-refractivity contribution in [3.8, 4) is 17.3 Å². The number of carbonyl (C=O) groups is 1. The van der Waals surface area contributed by atoms with Crippen molar-refractivity contribution < 1.29 is 14.3 Å². The van der Waals surface area contributed by atoms with Crippen LogP contribution in [-0.4, -0.2) is 53.2 Å². The maximum absolute atomic E-state index is 12.9. The van der Waals surface area contributed by atoms with E-state index in [9.17, 15) is 4.79 Å². The normalized spacial score (nSPS) is 16.2. The average molecular weight is 408 g/mol. The largest absolute Gasteiger partial charge is 0.497 e. The zero-order valence-electron chi connectivity index (χ0n) is 17.0. The summed E-state index contributed by atoms with van der Waals surface area (Å²) in [6, 6.07) is 11.0. The zero-order chi connectivity index (χ0) is 20.9. The van der Waals surface area contributed by atoms with Gasteiger partial charge in [-0.1, -0.05) is 0 Å². The van der Waals surface area contributed by atoms with Crippen molar-refractivity contribution >= 4 is 17.4 Å². The van der Waals surface area contributed by atoms with Gasteiger partial charge < -0.3 is 19.7 Å². The summed E-state index contributed by atoms with van der Waals surface area (Å²) < 4.78 is 12.3. The highest BCUT2D eigenvalue weighted by Crippen LogP contribution is 2.30. The van der Waals surface area contributed by atoms with Crippen molar-refractivity contribution in [1.29, 1.82) is 0 Å². The molecule has 1 N–H and O–H groups in total. The lowest BCUT2D eigenvalue weighted by atomic mass is 9.97. The molecule has 1 fully saturated rings. The number of piperidine rings is 1. The Kier molecular flexibility index (Phi) is 5.78. The summed E-state index contributed by atoms with van der Waals surface area (Å²) in [5.41, 5.74) is 0.599. The summed E-state index contributed by atoms with van der Waals surface area (Å²) in [7, 11) is 3.16. The molecular formula is C21H24N6O3. The number of aromatic nitrogens is 4. The molecule has 1 unspecified atom stereocenters. The molecule has 4 rings (SSSR count). The Labute approximate surface area is 174 Å². The summed E-state index contributed by atoms with van der Waals surface area (Å²) in [4.78, 5) is 15.0. The van der Waals surface area contributed by atoms with Gasteiger partial charge in [-0.2, -0.15) is 5.10 Å². The summed E-state index contributed by atoms with van der Waals surface area (Å²) in [5, 5.41) is 15.7.